The number of hydrogen-bond acceptors (Lipinski definition) is 3. The van der Waals surface area contributed by atoms with Gasteiger partial charge in [-0.3, -0.25) is 0 Å². The van der Waals surface area contributed by atoms with Gasteiger partial charge in [0, 0.05) is 17.9 Å². The number of hydrogen-bond donors (Lipinski definition) is 2. The highest BCUT2D eigenvalue weighted by Crippen LogP contribution is 2.36. The molecule has 0 saturated heterocycles. The predicted octanol–water partition coefficient (Wildman–Crippen LogP) is 3.16. The van der Waals surface area contributed by atoms with Gasteiger partial charge in [0.2, 0.25) is 0 Å². The van der Waals surface area contributed by atoms with E-state index in [4.69, 9.17) is 5.11 Å². The number of rotatable bonds is 3. The molecule has 1 heterocycles. The highest BCUT2D eigenvalue weighted by atomic mass is 16.4. The number of nitrogens with one attached hydrogen (secondary N) is 1. The molecule has 4 heteroatoms. The van der Waals surface area contributed by atoms with Gasteiger partial charge in [-0.15, -0.1) is 0 Å². The molecule has 2 rings (SSSR count). The van der Waals surface area contributed by atoms with E-state index in [1.54, 1.807) is 12.3 Å². The van der Waals surface area contributed by atoms with Gasteiger partial charge in [-0.1, -0.05) is 13.8 Å². The second kappa shape index (κ2) is 4.96. The number of carboxylic acid groups (broad SMARTS) is 1. The molecule has 0 amide bonds. The Balaban J connectivity index is 1.98. The Morgan fingerprint density at radius 3 is 2.72 bits per heavy atom. The average molecular weight is 248 g/mol. The molecule has 0 spiro atoms. The Morgan fingerprint density at radius 2 is 2.11 bits per heavy atom. The number of aromatic nitrogens is 1. The molecule has 1 aromatic heterocycles. The lowest BCUT2D eigenvalue weighted by molar-refractivity contribution is 0.0690. The summed E-state index contributed by atoms with van der Waals surface area (Å²) in [7, 11) is 0. The molecular formula is C14H20N2O2. The van der Waals surface area contributed by atoms with Crippen LogP contribution in [0.15, 0.2) is 18.3 Å². The van der Waals surface area contributed by atoms with Crippen molar-refractivity contribution in [2.45, 2.75) is 45.6 Å². The molecule has 98 valence electrons. The van der Waals surface area contributed by atoms with Gasteiger partial charge in [0.1, 0.15) is 5.69 Å². The number of aromatic carboxylic acids is 1. The van der Waals surface area contributed by atoms with Crippen molar-refractivity contribution in [3.63, 3.8) is 0 Å². The van der Waals surface area contributed by atoms with Crippen LogP contribution in [0.5, 0.6) is 0 Å². The van der Waals surface area contributed by atoms with E-state index < -0.39 is 5.97 Å². The van der Waals surface area contributed by atoms with Crippen LogP contribution in [0.4, 0.5) is 5.69 Å². The lowest BCUT2D eigenvalue weighted by Gasteiger charge is -2.35. The fraction of sp³-hybridized carbons (Fsp3) is 0.571. The Hall–Kier alpha value is -1.58. The Morgan fingerprint density at radius 1 is 1.44 bits per heavy atom. The highest BCUT2D eigenvalue weighted by molar-refractivity contribution is 5.86. The summed E-state index contributed by atoms with van der Waals surface area (Å²) in [5, 5.41) is 12.3. The van der Waals surface area contributed by atoms with Crippen LogP contribution in [0.3, 0.4) is 0 Å². The molecule has 18 heavy (non-hydrogen) atoms. The van der Waals surface area contributed by atoms with Crippen LogP contribution in [-0.4, -0.2) is 22.1 Å². The topological polar surface area (TPSA) is 62.2 Å². The van der Waals surface area contributed by atoms with Crippen molar-refractivity contribution >= 4 is 11.7 Å². The maximum absolute atomic E-state index is 10.8. The predicted molar refractivity (Wildman–Crippen MR) is 70.9 cm³/mol. The van der Waals surface area contributed by atoms with E-state index >= 15 is 0 Å². The van der Waals surface area contributed by atoms with Crippen molar-refractivity contribution in [3.05, 3.63) is 24.0 Å². The second-order valence-electron chi connectivity index (χ2n) is 5.82. The SMILES string of the molecule is CC1(C)CCC(Nc2ccnc(C(=O)O)c2)CC1. The molecule has 1 aliphatic rings. The van der Waals surface area contributed by atoms with E-state index in [9.17, 15) is 4.79 Å². The Labute approximate surface area is 107 Å². The molecule has 0 aliphatic heterocycles. The first-order chi connectivity index (χ1) is 8.46. The number of nitrogens with zero attached hydrogens (tertiary/aromatic N) is 1. The van der Waals surface area contributed by atoms with E-state index in [0.29, 0.717) is 11.5 Å². The molecule has 0 unspecified atom stereocenters. The number of carbonyl (C=O) groups is 1. The summed E-state index contributed by atoms with van der Waals surface area (Å²) >= 11 is 0. The normalized spacial score (nSPS) is 19.4. The monoisotopic (exact) mass is 248 g/mol. The fourth-order valence-electron chi connectivity index (χ4n) is 2.42. The fourth-order valence-corrected chi connectivity index (χ4v) is 2.42. The third kappa shape index (κ3) is 3.22. The number of anilines is 1. The summed E-state index contributed by atoms with van der Waals surface area (Å²) in [5.74, 6) is -0.983. The third-order valence-electron chi connectivity index (χ3n) is 3.69. The average Bonchev–Trinajstić information content (AvgIpc) is 2.32. The minimum Gasteiger partial charge on any atom is -0.477 e. The summed E-state index contributed by atoms with van der Waals surface area (Å²) in [5.41, 5.74) is 1.39. The molecule has 0 atom stereocenters. The zero-order chi connectivity index (χ0) is 13.2. The van der Waals surface area contributed by atoms with Crippen LogP contribution >= 0.6 is 0 Å². The van der Waals surface area contributed by atoms with Crippen molar-refractivity contribution in [2.24, 2.45) is 5.41 Å². The summed E-state index contributed by atoms with van der Waals surface area (Å²) in [4.78, 5) is 14.7. The van der Waals surface area contributed by atoms with Crippen molar-refractivity contribution in [2.75, 3.05) is 5.32 Å². The van der Waals surface area contributed by atoms with Gasteiger partial charge in [-0.2, -0.15) is 0 Å². The van der Waals surface area contributed by atoms with Crippen molar-refractivity contribution < 1.29 is 9.90 Å². The second-order valence-corrected chi connectivity index (χ2v) is 5.82. The third-order valence-corrected chi connectivity index (χ3v) is 3.69. The van der Waals surface area contributed by atoms with E-state index in [-0.39, 0.29) is 5.69 Å². The minimum atomic E-state index is -0.983. The lowest BCUT2D eigenvalue weighted by Crippen LogP contribution is -2.29. The van der Waals surface area contributed by atoms with E-state index in [1.165, 1.54) is 12.8 Å². The van der Waals surface area contributed by atoms with Crippen molar-refractivity contribution in [3.8, 4) is 0 Å². The number of carboxylic acids is 1. The first-order valence-corrected chi connectivity index (χ1v) is 6.42. The maximum Gasteiger partial charge on any atom is 0.354 e. The zero-order valence-corrected chi connectivity index (χ0v) is 10.9. The van der Waals surface area contributed by atoms with Gasteiger partial charge in [0.25, 0.3) is 0 Å². The Kier molecular flexibility index (Phi) is 3.55. The molecule has 0 aromatic carbocycles. The van der Waals surface area contributed by atoms with E-state index in [0.717, 1.165) is 18.5 Å². The standard InChI is InChI=1S/C14H20N2O2/c1-14(2)6-3-10(4-7-14)16-11-5-8-15-12(9-11)13(17)18/h5,8-10H,3-4,6-7H2,1-2H3,(H,15,16)(H,17,18). The maximum atomic E-state index is 10.8. The molecule has 4 nitrogen and oxygen atoms in total. The quantitative estimate of drug-likeness (QED) is 0.862. The summed E-state index contributed by atoms with van der Waals surface area (Å²) in [6.07, 6.45) is 6.23. The largest absolute Gasteiger partial charge is 0.477 e. The zero-order valence-electron chi connectivity index (χ0n) is 10.9. The molecule has 1 aromatic rings. The van der Waals surface area contributed by atoms with Crippen LogP contribution < -0.4 is 5.32 Å². The van der Waals surface area contributed by atoms with Crippen molar-refractivity contribution in [1.82, 2.24) is 4.98 Å². The first kappa shape index (κ1) is 12.9. The first-order valence-electron chi connectivity index (χ1n) is 6.42. The lowest BCUT2D eigenvalue weighted by atomic mass is 9.75. The molecule has 1 saturated carbocycles. The van der Waals surface area contributed by atoms with E-state index in [1.807, 2.05) is 6.07 Å². The van der Waals surface area contributed by atoms with Crippen LogP contribution in [-0.2, 0) is 0 Å². The van der Waals surface area contributed by atoms with Crippen LogP contribution in [0.25, 0.3) is 0 Å². The highest BCUT2D eigenvalue weighted by Gasteiger charge is 2.26. The smallest absolute Gasteiger partial charge is 0.354 e. The molecule has 1 fully saturated rings. The minimum absolute atomic E-state index is 0.0936. The summed E-state index contributed by atoms with van der Waals surface area (Å²) in [6.45, 7) is 4.61. The number of pyridine rings is 1. The molecule has 0 radical (unpaired) electrons. The van der Waals surface area contributed by atoms with E-state index in [2.05, 4.69) is 24.1 Å². The Bertz CT molecular complexity index is 433. The molecule has 1 aliphatic carbocycles. The van der Waals surface area contributed by atoms with Gasteiger partial charge in [-0.25, -0.2) is 9.78 Å². The molecule has 0 bridgehead atoms. The molecular weight excluding hydrogens is 228 g/mol. The van der Waals surface area contributed by atoms with Crippen LogP contribution in [0, 0.1) is 5.41 Å². The summed E-state index contributed by atoms with van der Waals surface area (Å²) < 4.78 is 0. The van der Waals surface area contributed by atoms with Gasteiger partial charge in [0.15, 0.2) is 0 Å². The van der Waals surface area contributed by atoms with Crippen LogP contribution in [0.2, 0.25) is 0 Å². The van der Waals surface area contributed by atoms with Gasteiger partial charge < -0.3 is 10.4 Å². The summed E-state index contributed by atoms with van der Waals surface area (Å²) in [6, 6.07) is 3.87. The van der Waals surface area contributed by atoms with Crippen molar-refractivity contribution in [1.29, 1.82) is 0 Å². The van der Waals surface area contributed by atoms with Gasteiger partial charge >= 0.3 is 5.97 Å². The molecule has 2 N–H and O–H groups in total. The van der Waals surface area contributed by atoms with Crippen LogP contribution in [0.1, 0.15) is 50.0 Å². The van der Waals surface area contributed by atoms with Gasteiger partial charge in [-0.05, 0) is 43.2 Å². The van der Waals surface area contributed by atoms with Gasteiger partial charge in [0.05, 0.1) is 0 Å².